The Hall–Kier alpha value is -1.90. The summed E-state index contributed by atoms with van der Waals surface area (Å²) >= 11 is 3.32. The van der Waals surface area contributed by atoms with Gasteiger partial charge in [-0.15, -0.1) is 0 Å². The minimum atomic E-state index is -3.77. The normalized spacial score (nSPS) is 13.3. The first-order valence-corrected chi connectivity index (χ1v) is 9.92. The highest BCUT2D eigenvalue weighted by atomic mass is 79.9. The fourth-order valence-electron chi connectivity index (χ4n) is 2.81. The number of benzene rings is 2. The van der Waals surface area contributed by atoms with E-state index in [-0.39, 0.29) is 16.6 Å². The number of nitrogens with zero attached hydrogens (tertiary/aromatic N) is 2. The molecule has 0 radical (unpaired) electrons. The number of rotatable bonds is 4. The molecule has 1 N–H and O–H groups in total. The summed E-state index contributed by atoms with van der Waals surface area (Å²) in [6.45, 7) is 1.79. The predicted octanol–water partition coefficient (Wildman–Crippen LogP) is 2.68. The SMILES string of the molecule is CC(NS(=O)(=O)c1cc2c(cc1Br)n(C)c(=O)n2C)c1ccccc1. The molecule has 0 saturated heterocycles. The van der Waals surface area contributed by atoms with E-state index in [1.807, 2.05) is 30.3 Å². The molecule has 3 rings (SSSR count). The van der Waals surface area contributed by atoms with Gasteiger partial charge in [0.05, 0.1) is 15.9 Å². The summed E-state index contributed by atoms with van der Waals surface area (Å²) in [6, 6.07) is 12.1. The maximum Gasteiger partial charge on any atom is 0.328 e. The number of hydrogen-bond acceptors (Lipinski definition) is 3. The summed E-state index contributed by atoms with van der Waals surface area (Å²) in [7, 11) is -0.498. The molecule has 6 nitrogen and oxygen atoms in total. The van der Waals surface area contributed by atoms with Crippen molar-refractivity contribution >= 4 is 37.0 Å². The molecule has 8 heteroatoms. The van der Waals surface area contributed by atoms with Crippen molar-refractivity contribution in [3.8, 4) is 0 Å². The van der Waals surface area contributed by atoms with Gasteiger partial charge < -0.3 is 0 Å². The van der Waals surface area contributed by atoms with Crippen molar-refractivity contribution in [3.05, 3.63) is 63.0 Å². The molecule has 1 heterocycles. The van der Waals surface area contributed by atoms with Crippen LogP contribution in [-0.4, -0.2) is 17.6 Å². The summed E-state index contributed by atoms with van der Waals surface area (Å²) in [5.41, 5.74) is 1.88. The van der Waals surface area contributed by atoms with Crippen LogP contribution in [0.2, 0.25) is 0 Å². The second kappa shape index (κ2) is 6.44. The number of aromatic nitrogens is 2. The highest BCUT2D eigenvalue weighted by molar-refractivity contribution is 9.10. The molecule has 0 bridgehead atoms. The summed E-state index contributed by atoms with van der Waals surface area (Å²) in [4.78, 5) is 12.2. The Morgan fingerprint density at radius 3 is 2.20 bits per heavy atom. The zero-order valence-corrected chi connectivity index (χ0v) is 16.4. The van der Waals surface area contributed by atoms with Gasteiger partial charge in [-0.1, -0.05) is 30.3 Å². The van der Waals surface area contributed by atoms with Crippen LogP contribution in [0.15, 0.2) is 56.6 Å². The number of aryl methyl sites for hydroxylation is 2. The Balaban J connectivity index is 2.07. The number of fused-ring (bicyclic) bond motifs is 1. The smallest absolute Gasteiger partial charge is 0.295 e. The zero-order valence-electron chi connectivity index (χ0n) is 14.0. The minimum Gasteiger partial charge on any atom is -0.295 e. The lowest BCUT2D eigenvalue weighted by molar-refractivity contribution is 0.566. The first-order valence-electron chi connectivity index (χ1n) is 7.64. The van der Waals surface area contributed by atoms with E-state index in [2.05, 4.69) is 20.7 Å². The van der Waals surface area contributed by atoms with Crippen molar-refractivity contribution in [3.63, 3.8) is 0 Å². The lowest BCUT2D eigenvalue weighted by atomic mass is 10.1. The van der Waals surface area contributed by atoms with Crippen molar-refractivity contribution in [2.75, 3.05) is 0 Å². The summed E-state index contributed by atoms with van der Waals surface area (Å²) in [5.74, 6) is 0. The van der Waals surface area contributed by atoms with Crippen molar-refractivity contribution in [1.29, 1.82) is 0 Å². The Labute approximate surface area is 154 Å². The maximum atomic E-state index is 12.8. The molecule has 0 aliphatic rings. The van der Waals surface area contributed by atoms with Crippen LogP contribution in [0.4, 0.5) is 0 Å². The molecule has 25 heavy (non-hydrogen) atoms. The molecule has 0 aliphatic heterocycles. The molecule has 0 aliphatic carbocycles. The molecule has 0 amide bonds. The largest absolute Gasteiger partial charge is 0.328 e. The lowest BCUT2D eigenvalue weighted by Crippen LogP contribution is -2.27. The fraction of sp³-hybridized carbons (Fsp3) is 0.235. The first kappa shape index (κ1) is 17.9. The number of nitrogens with one attached hydrogen (secondary N) is 1. The third-order valence-electron chi connectivity index (χ3n) is 4.25. The van der Waals surface area contributed by atoms with Crippen LogP contribution >= 0.6 is 15.9 Å². The van der Waals surface area contributed by atoms with E-state index in [0.717, 1.165) is 5.56 Å². The Morgan fingerprint density at radius 1 is 1.04 bits per heavy atom. The van der Waals surface area contributed by atoms with E-state index >= 15 is 0 Å². The van der Waals surface area contributed by atoms with Gasteiger partial charge in [0.2, 0.25) is 10.0 Å². The molecule has 1 unspecified atom stereocenters. The molecule has 0 saturated carbocycles. The number of imidazole rings is 1. The average Bonchev–Trinajstić information content (AvgIpc) is 2.78. The number of sulfonamides is 1. The van der Waals surface area contributed by atoms with Crippen LogP contribution < -0.4 is 10.4 Å². The Morgan fingerprint density at radius 2 is 1.60 bits per heavy atom. The second-order valence-corrected chi connectivity index (χ2v) is 8.46. The van der Waals surface area contributed by atoms with Gasteiger partial charge in [0.15, 0.2) is 0 Å². The third-order valence-corrected chi connectivity index (χ3v) is 6.75. The predicted molar refractivity (Wildman–Crippen MR) is 101 cm³/mol. The molecule has 3 aromatic rings. The van der Waals surface area contributed by atoms with Crippen LogP contribution in [0.25, 0.3) is 11.0 Å². The van der Waals surface area contributed by atoms with Gasteiger partial charge in [-0.2, -0.15) is 0 Å². The van der Waals surface area contributed by atoms with Gasteiger partial charge in [-0.3, -0.25) is 9.13 Å². The Kier molecular flexibility index (Phi) is 4.61. The second-order valence-electron chi connectivity index (χ2n) is 5.93. The molecule has 0 spiro atoms. The van der Waals surface area contributed by atoms with E-state index < -0.39 is 10.0 Å². The van der Waals surface area contributed by atoms with E-state index in [1.165, 1.54) is 15.2 Å². The van der Waals surface area contributed by atoms with E-state index in [9.17, 15) is 13.2 Å². The van der Waals surface area contributed by atoms with Crippen LogP contribution in [0.3, 0.4) is 0 Å². The van der Waals surface area contributed by atoms with Crippen molar-refractivity contribution in [2.45, 2.75) is 17.9 Å². The van der Waals surface area contributed by atoms with E-state index in [1.54, 1.807) is 27.1 Å². The summed E-state index contributed by atoms with van der Waals surface area (Å²) < 4.78 is 31.7. The van der Waals surface area contributed by atoms with Crippen LogP contribution in [0.1, 0.15) is 18.5 Å². The van der Waals surface area contributed by atoms with Crippen LogP contribution in [0, 0.1) is 0 Å². The molecular formula is C17H18BrN3O3S. The van der Waals surface area contributed by atoms with Gasteiger partial charge in [0, 0.05) is 24.6 Å². The van der Waals surface area contributed by atoms with Gasteiger partial charge in [0.25, 0.3) is 0 Å². The average molecular weight is 424 g/mol. The quantitative estimate of drug-likeness (QED) is 0.700. The van der Waals surface area contributed by atoms with Gasteiger partial charge >= 0.3 is 5.69 Å². The molecule has 2 aromatic carbocycles. The highest BCUT2D eigenvalue weighted by Crippen LogP contribution is 2.28. The van der Waals surface area contributed by atoms with Crippen molar-refractivity contribution < 1.29 is 8.42 Å². The van der Waals surface area contributed by atoms with Crippen LogP contribution in [-0.2, 0) is 24.1 Å². The maximum absolute atomic E-state index is 12.8. The van der Waals surface area contributed by atoms with Crippen LogP contribution in [0.5, 0.6) is 0 Å². The highest BCUT2D eigenvalue weighted by Gasteiger charge is 2.23. The number of halogens is 1. The van der Waals surface area contributed by atoms with Crippen molar-refractivity contribution in [1.82, 2.24) is 13.9 Å². The fourth-order valence-corrected chi connectivity index (χ4v) is 5.09. The minimum absolute atomic E-state index is 0.101. The lowest BCUT2D eigenvalue weighted by Gasteiger charge is -2.15. The van der Waals surface area contributed by atoms with Gasteiger partial charge in [-0.05, 0) is 40.5 Å². The van der Waals surface area contributed by atoms with Crippen molar-refractivity contribution in [2.24, 2.45) is 14.1 Å². The van der Waals surface area contributed by atoms with Gasteiger partial charge in [-0.25, -0.2) is 17.9 Å². The molecule has 1 atom stereocenters. The monoisotopic (exact) mass is 423 g/mol. The molecule has 1 aromatic heterocycles. The first-order chi connectivity index (χ1) is 11.7. The Bertz CT molecular complexity index is 1100. The van der Waals surface area contributed by atoms with E-state index in [4.69, 9.17) is 0 Å². The summed E-state index contributed by atoms with van der Waals surface area (Å²) in [5, 5.41) is 0. The third kappa shape index (κ3) is 3.17. The zero-order chi connectivity index (χ0) is 18.4. The molecular weight excluding hydrogens is 406 g/mol. The van der Waals surface area contributed by atoms with Gasteiger partial charge in [0.1, 0.15) is 0 Å². The standard InChI is InChI=1S/C17H18BrN3O3S/c1-11(12-7-5-4-6-8-12)19-25(23,24)16-10-15-14(9-13(16)18)20(2)17(22)21(15)3/h4-11,19H,1-3H3. The summed E-state index contributed by atoms with van der Waals surface area (Å²) in [6.07, 6.45) is 0. The molecule has 0 fully saturated rings. The topological polar surface area (TPSA) is 73.1 Å². The van der Waals surface area contributed by atoms with E-state index in [0.29, 0.717) is 15.5 Å². The molecule has 132 valence electrons. The number of hydrogen-bond donors (Lipinski definition) is 1.